The monoisotopic (exact) mass is 255 g/mol. The van der Waals surface area contributed by atoms with Crippen LogP contribution in [0, 0.1) is 5.92 Å². The van der Waals surface area contributed by atoms with Gasteiger partial charge in [-0.3, -0.25) is 0 Å². The normalized spacial score (nSPS) is 16.2. The molecule has 0 aliphatic heterocycles. The third-order valence-electron chi connectivity index (χ3n) is 2.91. The summed E-state index contributed by atoms with van der Waals surface area (Å²) in [6.45, 7) is 0.598. The van der Waals surface area contributed by atoms with Gasteiger partial charge in [-0.15, -0.1) is 0 Å². The third kappa shape index (κ3) is 2.58. The quantitative estimate of drug-likeness (QED) is 0.857. The summed E-state index contributed by atoms with van der Waals surface area (Å²) in [7, 11) is -0.134. The molecule has 1 aliphatic rings. The van der Waals surface area contributed by atoms with Crippen LogP contribution in [0.25, 0.3) is 0 Å². The minimum atomic E-state index is -3.43. The third-order valence-corrected chi connectivity index (χ3v) is 4.76. The average Bonchev–Trinajstić information content (AvgIpc) is 3.12. The zero-order valence-corrected chi connectivity index (χ0v) is 10.9. The highest BCUT2D eigenvalue weighted by atomic mass is 32.2. The predicted octanol–water partition coefficient (Wildman–Crippen LogP) is 1.15. The lowest BCUT2D eigenvalue weighted by Gasteiger charge is -2.18. The molecule has 1 N–H and O–H groups in total. The Kier molecular flexibility index (Phi) is 3.35. The lowest BCUT2D eigenvalue weighted by Crippen LogP contribution is -2.29. The van der Waals surface area contributed by atoms with Crippen molar-refractivity contribution in [2.24, 2.45) is 5.92 Å². The summed E-state index contributed by atoms with van der Waals surface area (Å²) in [5.41, 5.74) is 0. The van der Waals surface area contributed by atoms with E-state index in [1.807, 2.05) is 0 Å². The molecule has 5 nitrogen and oxygen atoms in total. The van der Waals surface area contributed by atoms with Crippen LogP contribution in [0.1, 0.15) is 12.8 Å². The van der Waals surface area contributed by atoms with Crippen molar-refractivity contribution in [1.82, 2.24) is 9.29 Å². The predicted molar refractivity (Wildman–Crippen MR) is 66.3 cm³/mol. The van der Waals surface area contributed by atoms with Gasteiger partial charge >= 0.3 is 0 Å². The molecule has 0 unspecified atom stereocenters. The number of pyridine rings is 1. The van der Waals surface area contributed by atoms with Gasteiger partial charge in [0.15, 0.2) is 0 Å². The number of rotatable bonds is 5. The Morgan fingerprint density at radius 2 is 2.24 bits per heavy atom. The molecule has 0 bridgehead atoms. The number of anilines is 1. The molecule has 6 heteroatoms. The van der Waals surface area contributed by atoms with E-state index in [0.29, 0.717) is 18.3 Å². The fraction of sp³-hybridized carbons (Fsp3) is 0.545. The molecule has 1 saturated carbocycles. The van der Waals surface area contributed by atoms with Gasteiger partial charge in [0.2, 0.25) is 10.0 Å². The SMILES string of the molecule is CNc1ncccc1S(=O)(=O)N(C)CC1CC1. The van der Waals surface area contributed by atoms with Gasteiger partial charge < -0.3 is 5.32 Å². The van der Waals surface area contributed by atoms with Crippen molar-refractivity contribution in [1.29, 1.82) is 0 Å². The van der Waals surface area contributed by atoms with Gasteiger partial charge in [0.1, 0.15) is 10.7 Å². The van der Waals surface area contributed by atoms with Gasteiger partial charge in [-0.05, 0) is 30.9 Å². The molecular formula is C11H17N3O2S. The highest BCUT2D eigenvalue weighted by Gasteiger charge is 2.30. The lowest BCUT2D eigenvalue weighted by atomic mass is 10.4. The molecule has 1 aromatic heterocycles. The summed E-state index contributed by atoms with van der Waals surface area (Å²) in [5.74, 6) is 0.930. The number of aromatic nitrogens is 1. The van der Waals surface area contributed by atoms with Crippen molar-refractivity contribution < 1.29 is 8.42 Å². The summed E-state index contributed by atoms with van der Waals surface area (Å²) in [6, 6.07) is 3.22. The molecule has 17 heavy (non-hydrogen) atoms. The van der Waals surface area contributed by atoms with Gasteiger partial charge in [0.05, 0.1) is 0 Å². The summed E-state index contributed by atoms with van der Waals surface area (Å²) >= 11 is 0. The van der Waals surface area contributed by atoms with E-state index in [2.05, 4.69) is 10.3 Å². The zero-order chi connectivity index (χ0) is 12.5. The first kappa shape index (κ1) is 12.3. The van der Waals surface area contributed by atoms with Crippen molar-refractivity contribution in [3.63, 3.8) is 0 Å². The van der Waals surface area contributed by atoms with Crippen LogP contribution < -0.4 is 5.32 Å². The van der Waals surface area contributed by atoms with E-state index in [1.54, 1.807) is 32.4 Å². The molecule has 1 aromatic rings. The van der Waals surface area contributed by atoms with Crippen molar-refractivity contribution in [2.45, 2.75) is 17.7 Å². The number of hydrogen-bond acceptors (Lipinski definition) is 4. The Hall–Kier alpha value is -1.14. The largest absolute Gasteiger partial charge is 0.372 e. The Labute approximate surface area is 102 Å². The smallest absolute Gasteiger partial charge is 0.246 e. The second-order valence-electron chi connectivity index (χ2n) is 4.33. The van der Waals surface area contributed by atoms with Crippen LogP contribution >= 0.6 is 0 Å². The van der Waals surface area contributed by atoms with Crippen LogP contribution in [0.15, 0.2) is 23.2 Å². The Morgan fingerprint density at radius 1 is 1.53 bits per heavy atom. The maximum absolute atomic E-state index is 12.3. The minimum Gasteiger partial charge on any atom is -0.372 e. The molecular weight excluding hydrogens is 238 g/mol. The first-order valence-corrected chi connectivity index (χ1v) is 7.09. The van der Waals surface area contributed by atoms with Gasteiger partial charge in [0, 0.05) is 26.8 Å². The molecule has 1 fully saturated rings. The van der Waals surface area contributed by atoms with Crippen molar-refractivity contribution in [2.75, 3.05) is 26.0 Å². The maximum atomic E-state index is 12.3. The van der Waals surface area contributed by atoms with Gasteiger partial charge in [-0.2, -0.15) is 0 Å². The highest BCUT2D eigenvalue weighted by Crippen LogP contribution is 2.31. The second kappa shape index (κ2) is 4.62. The van der Waals surface area contributed by atoms with Crippen molar-refractivity contribution >= 4 is 15.8 Å². The number of nitrogens with one attached hydrogen (secondary N) is 1. The summed E-state index contributed by atoms with van der Waals surface area (Å²) in [5, 5.41) is 2.81. The summed E-state index contributed by atoms with van der Waals surface area (Å²) in [6.07, 6.45) is 3.84. The van der Waals surface area contributed by atoms with Crippen molar-refractivity contribution in [3.05, 3.63) is 18.3 Å². The molecule has 0 atom stereocenters. The lowest BCUT2D eigenvalue weighted by molar-refractivity contribution is 0.453. The van der Waals surface area contributed by atoms with E-state index >= 15 is 0 Å². The van der Waals surface area contributed by atoms with E-state index in [9.17, 15) is 8.42 Å². The van der Waals surface area contributed by atoms with E-state index in [4.69, 9.17) is 0 Å². The highest BCUT2D eigenvalue weighted by molar-refractivity contribution is 7.89. The van der Waals surface area contributed by atoms with Crippen LogP contribution in [-0.2, 0) is 10.0 Å². The molecule has 1 aliphatic carbocycles. The van der Waals surface area contributed by atoms with E-state index in [0.717, 1.165) is 12.8 Å². The van der Waals surface area contributed by atoms with E-state index < -0.39 is 10.0 Å². The Balaban J connectivity index is 2.29. The number of hydrogen-bond donors (Lipinski definition) is 1. The Morgan fingerprint density at radius 3 is 2.82 bits per heavy atom. The number of nitrogens with zero attached hydrogens (tertiary/aromatic N) is 2. The minimum absolute atomic E-state index is 0.241. The number of sulfonamides is 1. The van der Waals surface area contributed by atoms with Gasteiger partial charge in [-0.25, -0.2) is 17.7 Å². The zero-order valence-electron chi connectivity index (χ0n) is 10.0. The van der Waals surface area contributed by atoms with E-state index in [-0.39, 0.29) is 4.90 Å². The average molecular weight is 255 g/mol. The summed E-state index contributed by atoms with van der Waals surface area (Å²) in [4.78, 5) is 4.27. The van der Waals surface area contributed by atoms with Crippen LogP contribution in [0.5, 0.6) is 0 Å². The van der Waals surface area contributed by atoms with Gasteiger partial charge in [0.25, 0.3) is 0 Å². The van der Waals surface area contributed by atoms with Crippen molar-refractivity contribution in [3.8, 4) is 0 Å². The Bertz CT molecular complexity index is 497. The molecule has 94 valence electrons. The molecule has 2 rings (SSSR count). The fourth-order valence-corrected chi connectivity index (χ4v) is 3.11. The molecule has 1 heterocycles. The maximum Gasteiger partial charge on any atom is 0.246 e. The molecule has 0 spiro atoms. The molecule has 0 amide bonds. The first-order valence-electron chi connectivity index (χ1n) is 5.65. The summed E-state index contributed by atoms with van der Waals surface area (Å²) < 4.78 is 26.1. The van der Waals surface area contributed by atoms with Gasteiger partial charge in [-0.1, -0.05) is 0 Å². The first-order chi connectivity index (χ1) is 8.05. The molecule has 0 radical (unpaired) electrons. The standard InChI is InChI=1S/C11H17N3O2S/c1-12-11-10(4-3-7-13-11)17(15,16)14(2)8-9-5-6-9/h3-4,7,9H,5-6,8H2,1-2H3,(H,12,13). The van der Waals surface area contributed by atoms with Crippen LogP contribution in [0.2, 0.25) is 0 Å². The molecule has 0 saturated heterocycles. The van der Waals surface area contributed by atoms with Crippen LogP contribution in [0.4, 0.5) is 5.82 Å². The van der Waals surface area contributed by atoms with Crippen LogP contribution in [-0.4, -0.2) is 38.3 Å². The topological polar surface area (TPSA) is 62.3 Å². The van der Waals surface area contributed by atoms with Crippen LogP contribution in [0.3, 0.4) is 0 Å². The van der Waals surface area contributed by atoms with E-state index in [1.165, 1.54) is 4.31 Å². The second-order valence-corrected chi connectivity index (χ2v) is 6.34. The fourth-order valence-electron chi connectivity index (χ4n) is 1.72. The molecule has 0 aromatic carbocycles.